The molecular formula is C20H19ClN4O2. The minimum atomic E-state index is -0.341. The van der Waals surface area contributed by atoms with Crippen LogP contribution in [0.2, 0.25) is 5.02 Å². The van der Waals surface area contributed by atoms with Gasteiger partial charge < -0.3 is 15.4 Å². The molecule has 27 heavy (non-hydrogen) atoms. The average molecular weight is 383 g/mol. The lowest BCUT2D eigenvalue weighted by Gasteiger charge is -2.10. The van der Waals surface area contributed by atoms with Gasteiger partial charge in [-0.3, -0.25) is 4.79 Å². The summed E-state index contributed by atoms with van der Waals surface area (Å²) in [6.07, 6.45) is 0. The van der Waals surface area contributed by atoms with E-state index in [2.05, 4.69) is 20.6 Å². The zero-order chi connectivity index (χ0) is 19.1. The highest BCUT2D eigenvalue weighted by molar-refractivity contribution is 6.30. The first-order valence-electron chi connectivity index (χ1n) is 8.40. The third kappa shape index (κ3) is 5.26. The van der Waals surface area contributed by atoms with Crippen LogP contribution >= 0.6 is 11.6 Å². The van der Waals surface area contributed by atoms with Crippen LogP contribution in [0, 0.1) is 0 Å². The van der Waals surface area contributed by atoms with E-state index in [9.17, 15) is 4.79 Å². The third-order valence-corrected chi connectivity index (χ3v) is 3.92. The molecule has 2 aromatic carbocycles. The molecule has 0 radical (unpaired) electrons. The van der Waals surface area contributed by atoms with Gasteiger partial charge in [-0.05, 0) is 18.2 Å². The highest BCUT2D eigenvalue weighted by atomic mass is 35.5. The van der Waals surface area contributed by atoms with Crippen molar-refractivity contribution in [1.82, 2.24) is 9.97 Å². The first-order valence-corrected chi connectivity index (χ1v) is 8.78. The van der Waals surface area contributed by atoms with Crippen molar-refractivity contribution in [3.8, 4) is 11.4 Å². The fourth-order valence-corrected chi connectivity index (χ4v) is 2.60. The molecule has 0 atom stereocenters. The standard InChI is InChI=1S/C20H19ClN4O2/c1-27-11-10-22-18-13-17(20(26)23-16-9-5-8-15(21)12-16)24-19(25-18)14-6-3-2-4-7-14/h2-9,12-13H,10-11H2,1H3,(H,23,26)(H,22,24,25). The van der Waals surface area contributed by atoms with E-state index in [1.165, 1.54) is 0 Å². The van der Waals surface area contributed by atoms with Gasteiger partial charge in [0.25, 0.3) is 5.91 Å². The Balaban J connectivity index is 1.90. The van der Waals surface area contributed by atoms with Crippen molar-refractivity contribution < 1.29 is 9.53 Å². The second kappa shape index (κ2) is 9.12. The van der Waals surface area contributed by atoms with Crippen molar-refractivity contribution in [2.24, 2.45) is 0 Å². The van der Waals surface area contributed by atoms with Crippen LogP contribution in [0.5, 0.6) is 0 Å². The Hall–Kier alpha value is -2.96. The minimum Gasteiger partial charge on any atom is -0.383 e. The molecule has 3 aromatic rings. The van der Waals surface area contributed by atoms with Gasteiger partial charge in [-0.2, -0.15) is 0 Å². The number of amides is 1. The summed E-state index contributed by atoms with van der Waals surface area (Å²) in [7, 11) is 1.63. The van der Waals surface area contributed by atoms with E-state index < -0.39 is 0 Å². The molecule has 0 saturated heterocycles. The lowest BCUT2D eigenvalue weighted by atomic mass is 10.2. The smallest absolute Gasteiger partial charge is 0.274 e. The zero-order valence-electron chi connectivity index (χ0n) is 14.8. The molecule has 0 aliphatic heterocycles. The van der Waals surface area contributed by atoms with Crippen LogP contribution in [0.3, 0.4) is 0 Å². The quantitative estimate of drug-likeness (QED) is 0.601. The van der Waals surface area contributed by atoms with Crippen LogP contribution in [0.4, 0.5) is 11.5 Å². The molecule has 1 amide bonds. The Labute approximate surface area is 162 Å². The first-order chi connectivity index (χ1) is 13.2. The zero-order valence-corrected chi connectivity index (χ0v) is 15.5. The molecule has 0 aliphatic rings. The van der Waals surface area contributed by atoms with E-state index in [0.717, 1.165) is 5.56 Å². The predicted molar refractivity (Wildman–Crippen MR) is 107 cm³/mol. The molecule has 0 fully saturated rings. The molecule has 1 aromatic heterocycles. The number of ether oxygens (including phenoxy) is 1. The number of halogens is 1. The number of nitrogens with zero attached hydrogens (tertiary/aromatic N) is 2. The Kier molecular flexibility index (Phi) is 6.35. The molecule has 6 nitrogen and oxygen atoms in total. The summed E-state index contributed by atoms with van der Waals surface area (Å²) in [6, 6.07) is 18.1. The van der Waals surface area contributed by atoms with Crippen LogP contribution in [0.25, 0.3) is 11.4 Å². The summed E-state index contributed by atoms with van der Waals surface area (Å²) in [5.41, 5.74) is 1.68. The summed E-state index contributed by atoms with van der Waals surface area (Å²) in [4.78, 5) is 21.6. The second-order valence-corrected chi connectivity index (χ2v) is 6.15. The maximum absolute atomic E-state index is 12.7. The van der Waals surface area contributed by atoms with Crippen LogP contribution < -0.4 is 10.6 Å². The lowest BCUT2D eigenvalue weighted by molar-refractivity contribution is 0.102. The largest absolute Gasteiger partial charge is 0.383 e. The van der Waals surface area contributed by atoms with E-state index in [-0.39, 0.29) is 11.6 Å². The van der Waals surface area contributed by atoms with Crippen molar-refractivity contribution in [3.05, 3.63) is 71.4 Å². The molecular weight excluding hydrogens is 364 g/mol. The highest BCUT2D eigenvalue weighted by Crippen LogP contribution is 2.20. The van der Waals surface area contributed by atoms with Crippen LogP contribution in [0.1, 0.15) is 10.5 Å². The fraction of sp³-hybridized carbons (Fsp3) is 0.150. The van der Waals surface area contributed by atoms with Gasteiger partial charge in [0.15, 0.2) is 5.82 Å². The van der Waals surface area contributed by atoms with Gasteiger partial charge >= 0.3 is 0 Å². The minimum absolute atomic E-state index is 0.253. The Morgan fingerprint density at radius 3 is 2.63 bits per heavy atom. The number of nitrogens with one attached hydrogen (secondary N) is 2. The van der Waals surface area contributed by atoms with Gasteiger partial charge in [-0.15, -0.1) is 0 Å². The monoisotopic (exact) mass is 382 g/mol. The Morgan fingerprint density at radius 1 is 1.07 bits per heavy atom. The van der Waals surface area contributed by atoms with E-state index in [1.54, 1.807) is 37.4 Å². The first kappa shape index (κ1) is 18.8. The molecule has 0 unspecified atom stereocenters. The lowest BCUT2D eigenvalue weighted by Crippen LogP contribution is -2.16. The number of carbonyl (C=O) groups excluding carboxylic acids is 1. The van der Waals surface area contributed by atoms with E-state index in [4.69, 9.17) is 16.3 Å². The summed E-state index contributed by atoms with van der Waals surface area (Å²) in [5, 5.41) is 6.50. The molecule has 0 spiro atoms. The number of anilines is 2. The second-order valence-electron chi connectivity index (χ2n) is 5.71. The fourth-order valence-electron chi connectivity index (χ4n) is 2.41. The van der Waals surface area contributed by atoms with Crippen molar-refractivity contribution in [3.63, 3.8) is 0 Å². The normalized spacial score (nSPS) is 10.4. The number of aromatic nitrogens is 2. The van der Waals surface area contributed by atoms with Crippen LogP contribution in [-0.2, 0) is 4.74 Å². The Bertz CT molecular complexity index is 919. The van der Waals surface area contributed by atoms with Gasteiger partial charge in [0.1, 0.15) is 11.5 Å². The van der Waals surface area contributed by atoms with Crippen LogP contribution in [0.15, 0.2) is 60.7 Å². The van der Waals surface area contributed by atoms with Gasteiger partial charge in [0.2, 0.25) is 0 Å². The molecule has 1 heterocycles. The summed E-state index contributed by atoms with van der Waals surface area (Å²) >= 11 is 5.98. The number of carbonyl (C=O) groups is 1. The highest BCUT2D eigenvalue weighted by Gasteiger charge is 2.13. The van der Waals surface area contributed by atoms with Gasteiger partial charge in [0, 0.05) is 36.0 Å². The molecule has 138 valence electrons. The van der Waals surface area contributed by atoms with Gasteiger partial charge in [-0.25, -0.2) is 9.97 Å². The number of hydrogen-bond acceptors (Lipinski definition) is 5. The molecule has 2 N–H and O–H groups in total. The summed E-state index contributed by atoms with van der Waals surface area (Å²) < 4.78 is 5.05. The Morgan fingerprint density at radius 2 is 1.89 bits per heavy atom. The third-order valence-electron chi connectivity index (χ3n) is 3.69. The summed E-state index contributed by atoms with van der Waals surface area (Å²) in [6.45, 7) is 1.09. The van der Waals surface area contributed by atoms with Gasteiger partial charge in [0.05, 0.1) is 6.61 Å². The van der Waals surface area contributed by atoms with Crippen molar-refractivity contribution in [1.29, 1.82) is 0 Å². The average Bonchev–Trinajstić information content (AvgIpc) is 2.69. The van der Waals surface area contributed by atoms with Crippen molar-refractivity contribution in [2.75, 3.05) is 30.9 Å². The number of rotatable bonds is 7. The van der Waals surface area contributed by atoms with Crippen molar-refractivity contribution >= 4 is 29.0 Å². The van der Waals surface area contributed by atoms with E-state index >= 15 is 0 Å². The summed E-state index contributed by atoms with van der Waals surface area (Å²) in [5.74, 6) is 0.679. The maximum atomic E-state index is 12.7. The van der Waals surface area contributed by atoms with Gasteiger partial charge in [-0.1, -0.05) is 48.0 Å². The SMILES string of the molecule is COCCNc1cc(C(=O)Nc2cccc(Cl)c2)nc(-c2ccccc2)n1. The van der Waals surface area contributed by atoms with E-state index in [1.807, 2.05) is 30.3 Å². The van der Waals surface area contributed by atoms with Crippen LogP contribution in [-0.4, -0.2) is 36.1 Å². The predicted octanol–water partition coefficient (Wildman–Crippen LogP) is 4.11. The number of methoxy groups -OCH3 is 1. The van der Waals surface area contributed by atoms with E-state index in [0.29, 0.717) is 35.5 Å². The maximum Gasteiger partial charge on any atom is 0.274 e. The topological polar surface area (TPSA) is 76.1 Å². The molecule has 0 bridgehead atoms. The molecule has 0 aliphatic carbocycles. The number of hydrogen-bond donors (Lipinski definition) is 2. The number of benzene rings is 2. The van der Waals surface area contributed by atoms with Crippen molar-refractivity contribution in [2.45, 2.75) is 0 Å². The molecule has 3 rings (SSSR count). The molecule has 0 saturated carbocycles. The molecule has 7 heteroatoms.